The van der Waals surface area contributed by atoms with E-state index in [1.165, 1.54) is 24.3 Å². The molecule has 162 valence electrons. The van der Waals surface area contributed by atoms with Gasteiger partial charge in [0.25, 0.3) is 27.3 Å². The molecule has 2 aromatic carbocycles. The fourth-order valence-electron chi connectivity index (χ4n) is 2.92. The highest BCUT2D eigenvalue weighted by atomic mass is 32.2. The summed E-state index contributed by atoms with van der Waals surface area (Å²) in [5.74, 6) is -0.795. The van der Waals surface area contributed by atoms with Crippen LogP contribution in [0.4, 0.5) is 11.4 Å². The number of fused-ring (bicyclic) bond motifs is 1. The third-order valence-electron chi connectivity index (χ3n) is 4.35. The van der Waals surface area contributed by atoms with Crippen molar-refractivity contribution in [2.45, 2.75) is 4.90 Å². The van der Waals surface area contributed by atoms with Crippen molar-refractivity contribution < 1.29 is 23.1 Å². The van der Waals surface area contributed by atoms with Crippen LogP contribution < -0.4 is 5.43 Å². The van der Waals surface area contributed by atoms with Gasteiger partial charge in [-0.2, -0.15) is 13.4 Å². The number of carbonyl (C=O) groups excluding carboxylic acids is 1. The number of nitro groups is 2. The molecule has 0 saturated carbocycles. The van der Waals surface area contributed by atoms with Gasteiger partial charge in [-0.25, -0.2) is 0 Å². The number of nitro benzene ring substituents is 2. The van der Waals surface area contributed by atoms with Crippen LogP contribution >= 0.6 is 24.0 Å². The zero-order valence-corrected chi connectivity index (χ0v) is 17.9. The molecule has 0 spiro atoms. The number of amides is 1. The maximum absolute atomic E-state index is 12.8. The molecule has 0 radical (unpaired) electrons. The first kappa shape index (κ1) is 21.5. The van der Waals surface area contributed by atoms with Gasteiger partial charge in [-0.3, -0.25) is 30.4 Å². The third kappa shape index (κ3) is 3.72. The molecule has 0 atom stereocenters. The topological polar surface area (TPSA) is 165 Å². The lowest BCUT2D eigenvalue weighted by Gasteiger charge is -2.16. The first-order valence-corrected chi connectivity index (χ1v) is 11.2. The summed E-state index contributed by atoms with van der Waals surface area (Å²) in [7, 11) is -3.93. The molecular formula is C17H9N5O7S3. The Morgan fingerprint density at radius 3 is 2.53 bits per heavy atom. The van der Waals surface area contributed by atoms with Crippen LogP contribution in [0.3, 0.4) is 0 Å². The minimum Gasteiger partial charge on any atom is -0.272 e. The summed E-state index contributed by atoms with van der Waals surface area (Å²) in [6, 6.07) is 9.05. The third-order valence-corrected chi connectivity index (χ3v) is 6.99. The van der Waals surface area contributed by atoms with Gasteiger partial charge in [0.2, 0.25) is 0 Å². The molecule has 1 saturated heterocycles. The molecule has 0 aromatic heterocycles. The summed E-state index contributed by atoms with van der Waals surface area (Å²) in [4.78, 5) is 33.5. The van der Waals surface area contributed by atoms with Gasteiger partial charge >= 0.3 is 0 Å². The molecule has 1 fully saturated rings. The van der Waals surface area contributed by atoms with Crippen molar-refractivity contribution in [1.29, 1.82) is 0 Å². The molecule has 4 rings (SSSR count). The fourth-order valence-corrected chi connectivity index (χ4v) is 5.26. The average Bonchev–Trinajstić information content (AvgIpc) is 3.15. The van der Waals surface area contributed by atoms with Gasteiger partial charge in [-0.1, -0.05) is 23.9 Å². The SMILES string of the molecule is O=C1/C(=C/c2ccc([N+](=O)[O-])cc2[N+](=O)[O-])SC(=S)N1NC1=NS(=O)(=O)c2ccccc21. The monoisotopic (exact) mass is 491 g/mol. The van der Waals surface area contributed by atoms with Crippen LogP contribution in [0.1, 0.15) is 11.1 Å². The molecule has 1 N–H and O–H groups in total. The first-order valence-electron chi connectivity index (χ1n) is 8.50. The summed E-state index contributed by atoms with van der Waals surface area (Å²) in [5.41, 5.74) is 1.79. The van der Waals surface area contributed by atoms with E-state index < -0.39 is 37.2 Å². The Kier molecular flexibility index (Phi) is 5.23. The van der Waals surface area contributed by atoms with Crippen molar-refractivity contribution >= 4 is 67.5 Å². The molecule has 0 aliphatic carbocycles. The molecule has 2 aliphatic rings. The lowest BCUT2D eigenvalue weighted by atomic mass is 10.1. The van der Waals surface area contributed by atoms with Gasteiger partial charge in [-0.15, -0.1) is 4.40 Å². The van der Waals surface area contributed by atoms with E-state index in [0.717, 1.165) is 35.0 Å². The molecular weight excluding hydrogens is 482 g/mol. The Morgan fingerprint density at radius 2 is 1.84 bits per heavy atom. The maximum Gasteiger partial charge on any atom is 0.285 e. The van der Waals surface area contributed by atoms with Crippen molar-refractivity contribution in [3.05, 3.63) is 78.7 Å². The lowest BCUT2D eigenvalue weighted by Crippen LogP contribution is -2.44. The van der Waals surface area contributed by atoms with E-state index in [9.17, 15) is 33.4 Å². The van der Waals surface area contributed by atoms with Crippen molar-refractivity contribution in [2.24, 2.45) is 4.40 Å². The predicted octanol–water partition coefficient (Wildman–Crippen LogP) is 2.36. The zero-order chi connectivity index (χ0) is 23.2. The van der Waals surface area contributed by atoms with Crippen LogP contribution in [0.25, 0.3) is 6.08 Å². The highest BCUT2D eigenvalue weighted by molar-refractivity contribution is 8.26. The average molecular weight is 491 g/mol. The molecule has 15 heteroatoms. The second kappa shape index (κ2) is 7.77. The van der Waals surface area contributed by atoms with Crippen LogP contribution in [-0.4, -0.2) is 39.3 Å². The van der Waals surface area contributed by atoms with Crippen molar-refractivity contribution in [3.8, 4) is 0 Å². The lowest BCUT2D eigenvalue weighted by molar-refractivity contribution is -0.394. The smallest absolute Gasteiger partial charge is 0.272 e. The first-order chi connectivity index (χ1) is 15.1. The Hall–Kier alpha value is -3.69. The number of hydrogen-bond acceptors (Lipinski definition) is 10. The number of hydrogen-bond donors (Lipinski definition) is 1. The number of non-ortho nitro benzene ring substituents is 1. The molecule has 2 aliphatic heterocycles. The van der Waals surface area contributed by atoms with E-state index in [1.807, 2.05) is 0 Å². The summed E-state index contributed by atoms with van der Waals surface area (Å²) < 4.78 is 28.0. The van der Waals surface area contributed by atoms with Gasteiger partial charge in [0.05, 0.1) is 26.4 Å². The number of benzene rings is 2. The fraction of sp³-hybridized carbons (Fsp3) is 0. The number of nitrogens with zero attached hydrogens (tertiary/aromatic N) is 4. The normalized spacial score (nSPS) is 17.9. The highest BCUT2D eigenvalue weighted by Gasteiger charge is 2.37. The van der Waals surface area contributed by atoms with Crippen molar-refractivity contribution in [2.75, 3.05) is 0 Å². The van der Waals surface area contributed by atoms with E-state index in [4.69, 9.17) is 12.2 Å². The van der Waals surface area contributed by atoms with E-state index in [-0.39, 0.29) is 31.1 Å². The van der Waals surface area contributed by atoms with Crippen LogP contribution in [0.5, 0.6) is 0 Å². The van der Waals surface area contributed by atoms with E-state index in [1.54, 1.807) is 6.07 Å². The summed E-state index contributed by atoms with van der Waals surface area (Å²) in [6.45, 7) is 0. The predicted molar refractivity (Wildman–Crippen MR) is 118 cm³/mol. The number of hydrazine groups is 1. The van der Waals surface area contributed by atoms with Gasteiger partial charge in [-0.05, 0) is 36.5 Å². The Labute approximate surface area is 188 Å². The number of amidine groups is 1. The Morgan fingerprint density at radius 1 is 1.12 bits per heavy atom. The molecule has 2 aromatic rings. The Balaban J connectivity index is 1.66. The zero-order valence-electron chi connectivity index (χ0n) is 15.5. The highest BCUT2D eigenvalue weighted by Crippen LogP contribution is 2.35. The van der Waals surface area contributed by atoms with Crippen LogP contribution in [0, 0.1) is 20.2 Å². The molecule has 12 nitrogen and oxygen atoms in total. The molecule has 0 unspecified atom stereocenters. The number of rotatable bonds is 4. The second-order valence-corrected chi connectivity index (χ2v) is 9.55. The number of carbonyl (C=O) groups is 1. The van der Waals surface area contributed by atoms with E-state index in [0.29, 0.717) is 0 Å². The maximum atomic E-state index is 12.8. The molecule has 32 heavy (non-hydrogen) atoms. The quantitative estimate of drug-likeness (QED) is 0.290. The van der Waals surface area contributed by atoms with E-state index in [2.05, 4.69) is 9.82 Å². The summed E-state index contributed by atoms with van der Waals surface area (Å²) in [5, 5.41) is 23.1. The standard InChI is InChI=1S/C17H9N5O7S3/c23-16-13(7-9-5-6-10(21(24)25)8-12(9)22(26)27)31-17(30)20(16)18-15-11-3-1-2-4-14(11)32(28,29)19-15/h1-8H,(H,18,19)/b13-7-. The minimum absolute atomic E-state index is 0.00538. The van der Waals surface area contributed by atoms with Crippen LogP contribution in [0.15, 0.2) is 56.7 Å². The number of thioether (sulfide) groups is 1. The summed E-state index contributed by atoms with van der Waals surface area (Å²) >= 11 is 6.00. The number of sulfonamides is 1. The minimum atomic E-state index is -3.93. The molecule has 0 bridgehead atoms. The van der Waals surface area contributed by atoms with Crippen LogP contribution in [0.2, 0.25) is 0 Å². The van der Waals surface area contributed by atoms with Gasteiger partial charge in [0.1, 0.15) is 4.90 Å². The van der Waals surface area contributed by atoms with Gasteiger partial charge < -0.3 is 0 Å². The second-order valence-electron chi connectivity index (χ2n) is 6.30. The number of nitrogens with one attached hydrogen (secondary N) is 1. The van der Waals surface area contributed by atoms with Crippen molar-refractivity contribution in [3.63, 3.8) is 0 Å². The molecule has 1 amide bonds. The number of thiocarbonyl (C=S) groups is 1. The van der Waals surface area contributed by atoms with Gasteiger partial charge in [0, 0.05) is 11.6 Å². The largest absolute Gasteiger partial charge is 0.285 e. The Bertz CT molecular complexity index is 1400. The van der Waals surface area contributed by atoms with E-state index >= 15 is 0 Å². The van der Waals surface area contributed by atoms with Crippen molar-refractivity contribution in [1.82, 2.24) is 10.4 Å². The van der Waals surface area contributed by atoms with Crippen LogP contribution in [-0.2, 0) is 14.8 Å². The molecule has 2 heterocycles. The summed E-state index contributed by atoms with van der Waals surface area (Å²) in [6.07, 6.45) is 1.18. The van der Waals surface area contributed by atoms with Gasteiger partial charge in [0.15, 0.2) is 10.2 Å².